The van der Waals surface area contributed by atoms with Gasteiger partial charge in [0, 0.05) is 25.1 Å². The molecule has 0 saturated heterocycles. The molecule has 1 N–H and O–H groups in total. The van der Waals surface area contributed by atoms with Crippen molar-refractivity contribution in [2.24, 2.45) is 0 Å². The van der Waals surface area contributed by atoms with Crippen LogP contribution in [0, 0.1) is 0 Å². The van der Waals surface area contributed by atoms with E-state index in [1.165, 1.54) is 0 Å². The molecular formula is C12H17N5. The second kappa shape index (κ2) is 5.54. The van der Waals surface area contributed by atoms with Crippen molar-refractivity contribution in [1.82, 2.24) is 25.1 Å². The van der Waals surface area contributed by atoms with Gasteiger partial charge in [-0.15, -0.1) is 0 Å². The lowest BCUT2D eigenvalue weighted by atomic mass is 10.2. The van der Waals surface area contributed by atoms with Crippen LogP contribution in [-0.2, 0) is 6.54 Å². The van der Waals surface area contributed by atoms with Gasteiger partial charge < -0.3 is 5.32 Å². The van der Waals surface area contributed by atoms with E-state index in [1.54, 1.807) is 12.4 Å². The summed E-state index contributed by atoms with van der Waals surface area (Å²) in [6, 6.07) is 3.82. The fraction of sp³-hybridized carbons (Fsp3) is 0.417. The zero-order valence-electron chi connectivity index (χ0n) is 10.2. The van der Waals surface area contributed by atoms with E-state index in [0.29, 0.717) is 0 Å². The Labute approximate surface area is 101 Å². The van der Waals surface area contributed by atoms with Crippen molar-refractivity contribution in [3.8, 4) is 0 Å². The number of nitrogens with zero attached hydrogens (tertiary/aromatic N) is 4. The molecular weight excluding hydrogens is 214 g/mol. The van der Waals surface area contributed by atoms with E-state index in [2.05, 4.69) is 27.3 Å². The lowest BCUT2D eigenvalue weighted by Crippen LogP contribution is -2.23. The number of hydrogen-bond donors (Lipinski definition) is 1. The summed E-state index contributed by atoms with van der Waals surface area (Å²) in [5.74, 6) is 0.771. The van der Waals surface area contributed by atoms with Crippen molar-refractivity contribution in [1.29, 1.82) is 0 Å². The van der Waals surface area contributed by atoms with Crippen LogP contribution < -0.4 is 5.32 Å². The van der Waals surface area contributed by atoms with E-state index in [0.717, 1.165) is 24.5 Å². The summed E-state index contributed by atoms with van der Waals surface area (Å²) in [7, 11) is 1.91. The quantitative estimate of drug-likeness (QED) is 0.845. The molecule has 2 aromatic heterocycles. The Kier molecular flexibility index (Phi) is 3.82. The Balaban J connectivity index is 2.32. The van der Waals surface area contributed by atoms with Crippen molar-refractivity contribution >= 4 is 0 Å². The van der Waals surface area contributed by atoms with Crippen LogP contribution in [0.2, 0.25) is 0 Å². The third-order valence-corrected chi connectivity index (χ3v) is 2.61. The molecule has 0 saturated carbocycles. The first kappa shape index (κ1) is 11.7. The molecule has 90 valence electrons. The van der Waals surface area contributed by atoms with Gasteiger partial charge in [0.2, 0.25) is 0 Å². The summed E-state index contributed by atoms with van der Waals surface area (Å²) in [6.45, 7) is 3.05. The summed E-state index contributed by atoms with van der Waals surface area (Å²) in [6.07, 6.45) is 6.39. The number of hydrogen-bond acceptors (Lipinski definition) is 4. The maximum absolute atomic E-state index is 4.32. The molecule has 2 rings (SSSR count). The number of nitrogens with one attached hydrogen (secondary N) is 1. The van der Waals surface area contributed by atoms with E-state index in [4.69, 9.17) is 0 Å². The fourth-order valence-corrected chi connectivity index (χ4v) is 1.86. The predicted molar refractivity (Wildman–Crippen MR) is 65.5 cm³/mol. The summed E-state index contributed by atoms with van der Waals surface area (Å²) in [4.78, 5) is 8.58. The molecule has 17 heavy (non-hydrogen) atoms. The fourth-order valence-electron chi connectivity index (χ4n) is 1.86. The molecule has 0 bridgehead atoms. The first-order chi connectivity index (χ1) is 8.36. The minimum absolute atomic E-state index is 0.00903. The topological polar surface area (TPSA) is 55.6 Å². The van der Waals surface area contributed by atoms with Gasteiger partial charge in [-0.05, 0) is 25.6 Å². The van der Waals surface area contributed by atoms with E-state index in [-0.39, 0.29) is 6.04 Å². The number of aryl methyl sites for hydroxylation is 1. The molecule has 0 aromatic carbocycles. The highest BCUT2D eigenvalue weighted by Gasteiger charge is 2.18. The molecule has 5 heteroatoms. The lowest BCUT2D eigenvalue weighted by molar-refractivity contribution is 0.523. The molecule has 0 fully saturated rings. The normalized spacial score (nSPS) is 12.6. The van der Waals surface area contributed by atoms with Crippen molar-refractivity contribution in [2.45, 2.75) is 25.9 Å². The van der Waals surface area contributed by atoms with Crippen LogP contribution in [0.5, 0.6) is 0 Å². The van der Waals surface area contributed by atoms with Gasteiger partial charge in [-0.2, -0.15) is 5.10 Å². The minimum Gasteiger partial charge on any atom is -0.305 e. The van der Waals surface area contributed by atoms with E-state index in [1.807, 2.05) is 30.1 Å². The van der Waals surface area contributed by atoms with Gasteiger partial charge in [0.05, 0.1) is 5.69 Å². The summed E-state index contributed by atoms with van der Waals surface area (Å²) in [5.41, 5.74) is 1.10. The molecule has 0 aliphatic heterocycles. The zero-order valence-corrected chi connectivity index (χ0v) is 10.2. The minimum atomic E-state index is -0.00903. The van der Waals surface area contributed by atoms with Crippen LogP contribution in [0.4, 0.5) is 0 Å². The van der Waals surface area contributed by atoms with Crippen LogP contribution in [0.3, 0.4) is 0 Å². The molecule has 5 nitrogen and oxygen atoms in total. The van der Waals surface area contributed by atoms with E-state index >= 15 is 0 Å². The molecule has 2 aromatic rings. The average Bonchev–Trinajstić information content (AvgIpc) is 2.81. The largest absolute Gasteiger partial charge is 0.305 e. The Hall–Kier alpha value is -1.75. The standard InChI is InChI=1S/C12H17N5/c1-3-9-17-10(5-8-16-17)11(13-2)12-14-6-4-7-15-12/h4-8,11,13H,3,9H2,1-2H3. The lowest BCUT2D eigenvalue weighted by Gasteiger charge is -2.16. The van der Waals surface area contributed by atoms with Crippen LogP contribution >= 0.6 is 0 Å². The van der Waals surface area contributed by atoms with Gasteiger partial charge in [0.15, 0.2) is 5.82 Å². The molecule has 0 amide bonds. The smallest absolute Gasteiger partial charge is 0.151 e. The molecule has 1 atom stereocenters. The van der Waals surface area contributed by atoms with Crippen LogP contribution in [0.15, 0.2) is 30.7 Å². The summed E-state index contributed by atoms with van der Waals surface area (Å²) in [5, 5.41) is 7.56. The van der Waals surface area contributed by atoms with Crippen molar-refractivity contribution in [3.63, 3.8) is 0 Å². The van der Waals surface area contributed by atoms with Gasteiger partial charge >= 0.3 is 0 Å². The van der Waals surface area contributed by atoms with Crippen molar-refractivity contribution in [3.05, 3.63) is 42.2 Å². The monoisotopic (exact) mass is 231 g/mol. The van der Waals surface area contributed by atoms with Crippen LogP contribution in [-0.4, -0.2) is 26.8 Å². The predicted octanol–water partition coefficient (Wildman–Crippen LogP) is 1.39. The third kappa shape index (κ3) is 2.50. The van der Waals surface area contributed by atoms with Crippen molar-refractivity contribution in [2.75, 3.05) is 7.05 Å². The SMILES string of the molecule is CCCn1nccc1C(NC)c1ncccn1. The zero-order chi connectivity index (χ0) is 12.1. The average molecular weight is 231 g/mol. The summed E-state index contributed by atoms with van der Waals surface area (Å²) >= 11 is 0. The van der Waals surface area contributed by atoms with Crippen molar-refractivity contribution < 1.29 is 0 Å². The highest BCUT2D eigenvalue weighted by atomic mass is 15.3. The maximum atomic E-state index is 4.32. The Morgan fingerprint density at radius 1 is 1.29 bits per heavy atom. The summed E-state index contributed by atoms with van der Waals surface area (Å²) < 4.78 is 2.00. The number of rotatable bonds is 5. The first-order valence-electron chi connectivity index (χ1n) is 5.82. The van der Waals surface area contributed by atoms with Crippen LogP contribution in [0.25, 0.3) is 0 Å². The first-order valence-corrected chi connectivity index (χ1v) is 5.82. The molecule has 1 unspecified atom stereocenters. The van der Waals surface area contributed by atoms with Gasteiger partial charge in [-0.1, -0.05) is 6.92 Å². The third-order valence-electron chi connectivity index (χ3n) is 2.61. The molecule has 2 heterocycles. The molecule has 0 aliphatic carbocycles. The van der Waals surface area contributed by atoms with Gasteiger partial charge in [-0.3, -0.25) is 4.68 Å². The Morgan fingerprint density at radius 2 is 2.06 bits per heavy atom. The van der Waals surface area contributed by atoms with Gasteiger partial charge in [0.1, 0.15) is 6.04 Å². The molecule has 0 aliphatic rings. The van der Waals surface area contributed by atoms with E-state index < -0.39 is 0 Å². The Bertz CT molecular complexity index is 451. The van der Waals surface area contributed by atoms with Gasteiger partial charge in [-0.25, -0.2) is 9.97 Å². The highest BCUT2D eigenvalue weighted by Crippen LogP contribution is 2.17. The second-order valence-electron chi connectivity index (χ2n) is 3.81. The van der Waals surface area contributed by atoms with Gasteiger partial charge in [0.25, 0.3) is 0 Å². The Morgan fingerprint density at radius 3 is 2.71 bits per heavy atom. The second-order valence-corrected chi connectivity index (χ2v) is 3.81. The maximum Gasteiger partial charge on any atom is 0.151 e. The van der Waals surface area contributed by atoms with Crippen LogP contribution in [0.1, 0.15) is 30.9 Å². The molecule has 0 spiro atoms. The van der Waals surface area contributed by atoms with E-state index in [9.17, 15) is 0 Å². The number of aromatic nitrogens is 4. The molecule has 0 radical (unpaired) electrons. The highest BCUT2D eigenvalue weighted by molar-refractivity contribution is 5.16.